The van der Waals surface area contributed by atoms with Gasteiger partial charge in [-0.2, -0.15) is 0 Å². The van der Waals surface area contributed by atoms with Gasteiger partial charge in [-0.3, -0.25) is 19.7 Å². The van der Waals surface area contributed by atoms with Gasteiger partial charge in [0, 0.05) is 33.2 Å². The van der Waals surface area contributed by atoms with Crippen molar-refractivity contribution >= 4 is 11.5 Å². The summed E-state index contributed by atoms with van der Waals surface area (Å²) in [5.74, 6) is 0.443. The number of aliphatic hydroxyl groups is 1. The van der Waals surface area contributed by atoms with E-state index in [0.717, 1.165) is 26.1 Å². The van der Waals surface area contributed by atoms with Crippen molar-refractivity contribution < 1.29 is 10.0 Å². The average Bonchev–Trinajstić information content (AvgIpc) is 2.60. The number of aliphatic hydroxyl groups excluding tert-OH is 1. The second-order valence-corrected chi connectivity index (χ2v) is 4.67. The second kappa shape index (κ2) is 5.98. The number of aromatic nitrogens is 2. The number of nitro groups is 1. The molecule has 1 aromatic rings. The Bertz CT molecular complexity index is 448. The van der Waals surface area contributed by atoms with Gasteiger partial charge in [0.15, 0.2) is 0 Å². The molecule has 0 bridgehead atoms. The van der Waals surface area contributed by atoms with Crippen LogP contribution in [-0.2, 0) is 7.05 Å². The van der Waals surface area contributed by atoms with Gasteiger partial charge in [-0.05, 0) is 13.0 Å². The molecule has 0 atom stereocenters. The first-order valence-corrected chi connectivity index (χ1v) is 6.38. The molecule has 1 aliphatic rings. The molecule has 1 saturated heterocycles. The molecular weight excluding hydrogens is 250 g/mol. The molecule has 0 aliphatic carbocycles. The zero-order valence-corrected chi connectivity index (χ0v) is 11.0. The van der Waals surface area contributed by atoms with Gasteiger partial charge in [0.2, 0.25) is 5.82 Å². The average molecular weight is 269 g/mol. The number of anilines is 1. The fourth-order valence-corrected chi connectivity index (χ4v) is 2.37. The monoisotopic (exact) mass is 269 g/mol. The summed E-state index contributed by atoms with van der Waals surface area (Å²) in [4.78, 5) is 14.7. The topological polar surface area (TPSA) is 87.7 Å². The van der Waals surface area contributed by atoms with E-state index >= 15 is 0 Å². The summed E-state index contributed by atoms with van der Waals surface area (Å²) in [6, 6.07) is 0. The molecular formula is C11H19N5O3. The Morgan fingerprint density at radius 2 is 2.21 bits per heavy atom. The molecule has 106 valence electrons. The van der Waals surface area contributed by atoms with Crippen molar-refractivity contribution in [3.8, 4) is 0 Å². The molecule has 0 saturated carbocycles. The van der Waals surface area contributed by atoms with E-state index in [2.05, 4.69) is 10.00 Å². The highest BCUT2D eigenvalue weighted by Gasteiger charge is 2.25. The Hall–Kier alpha value is -1.67. The minimum absolute atomic E-state index is 0.0538. The molecule has 0 amide bonds. The lowest BCUT2D eigenvalue weighted by Gasteiger charge is -2.20. The Morgan fingerprint density at radius 1 is 1.42 bits per heavy atom. The number of β-amino-alcohol motifs (C(OH)–C–C–N with tert-alkyl or cyclic N) is 1. The molecule has 0 radical (unpaired) electrons. The summed E-state index contributed by atoms with van der Waals surface area (Å²) in [7, 11) is 1.69. The summed E-state index contributed by atoms with van der Waals surface area (Å²) in [5.41, 5.74) is 0.0538. The molecule has 1 aromatic heterocycles. The second-order valence-electron chi connectivity index (χ2n) is 4.67. The number of hydrogen-bond acceptors (Lipinski definition) is 6. The normalized spacial score (nSPS) is 17.5. The molecule has 1 fully saturated rings. The fraction of sp³-hybridized carbons (Fsp3) is 0.727. The van der Waals surface area contributed by atoms with Crippen LogP contribution in [0.25, 0.3) is 0 Å². The predicted molar refractivity (Wildman–Crippen MR) is 70.2 cm³/mol. The van der Waals surface area contributed by atoms with E-state index in [9.17, 15) is 10.1 Å². The molecule has 2 heterocycles. The van der Waals surface area contributed by atoms with E-state index in [0.29, 0.717) is 18.9 Å². The minimum atomic E-state index is -0.390. The highest BCUT2D eigenvalue weighted by Crippen LogP contribution is 2.26. The van der Waals surface area contributed by atoms with Crippen LogP contribution in [0.5, 0.6) is 0 Å². The predicted octanol–water partition coefficient (Wildman–Crippen LogP) is -0.167. The van der Waals surface area contributed by atoms with E-state index in [1.807, 2.05) is 4.90 Å². The third-order valence-electron chi connectivity index (χ3n) is 3.29. The van der Waals surface area contributed by atoms with E-state index in [1.165, 1.54) is 10.9 Å². The number of hydrogen-bond donors (Lipinski definition) is 1. The molecule has 8 nitrogen and oxygen atoms in total. The largest absolute Gasteiger partial charge is 0.395 e. The van der Waals surface area contributed by atoms with Gasteiger partial charge in [0.25, 0.3) is 0 Å². The maximum atomic E-state index is 11.0. The summed E-state index contributed by atoms with van der Waals surface area (Å²) >= 11 is 0. The van der Waals surface area contributed by atoms with Crippen LogP contribution in [0.4, 0.5) is 11.5 Å². The third-order valence-corrected chi connectivity index (χ3v) is 3.29. The zero-order valence-electron chi connectivity index (χ0n) is 11.0. The maximum absolute atomic E-state index is 11.0. The Kier molecular flexibility index (Phi) is 4.33. The van der Waals surface area contributed by atoms with Crippen molar-refractivity contribution in [2.24, 2.45) is 7.05 Å². The summed E-state index contributed by atoms with van der Waals surface area (Å²) in [6.07, 6.45) is 2.35. The quantitative estimate of drug-likeness (QED) is 0.603. The van der Waals surface area contributed by atoms with Gasteiger partial charge in [0.05, 0.1) is 11.5 Å². The Labute approximate surface area is 111 Å². The molecule has 1 aliphatic heterocycles. The van der Waals surface area contributed by atoms with Crippen LogP contribution in [0.3, 0.4) is 0 Å². The van der Waals surface area contributed by atoms with E-state index in [1.54, 1.807) is 7.05 Å². The number of aryl methyl sites for hydroxylation is 1. The van der Waals surface area contributed by atoms with E-state index in [4.69, 9.17) is 5.11 Å². The molecule has 1 N–H and O–H groups in total. The highest BCUT2D eigenvalue weighted by atomic mass is 16.6. The third kappa shape index (κ3) is 3.21. The Morgan fingerprint density at radius 3 is 2.89 bits per heavy atom. The number of nitrogens with zero attached hydrogens (tertiary/aromatic N) is 5. The zero-order chi connectivity index (χ0) is 13.8. The first kappa shape index (κ1) is 13.8. The smallest absolute Gasteiger partial charge is 0.330 e. The SMILES string of the molecule is Cn1cc([N+](=O)[O-])c(N2CCCN(CCO)CC2)n1. The van der Waals surface area contributed by atoms with Crippen LogP contribution >= 0.6 is 0 Å². The highest BCUT2D eigenvalue weighted by molar-refractivity contribution is 5.56. The molecule has 0 spiro atoms. The van der Waals surface area contributed by atoms with Crippen molar-refractivity contribution in [1.82, 2.24) is 14.7 Å². The summed E-state index contributed by atoms with van der Waals surface area (Å²) < 4.78 is 1.48. The van der Waals surface area contributed by atoms with Gasteiger partial charge in [-0.15, -0.1) is 5.10 Å². The van der Waals surface area contributed by atoms with Crippen molar-refractivity contribution in [2.45, 2.75) is 6.42 Å². The molecule has 19 heavy (non-hydrogen) atoms. The van der Waals surface area contributed by atoms with Crippen LogP contribution in [0.2, 0.25) is 0 Å². The standard InChI is InChI=1S/C11H19N5O3/c1-13-9-10(16(18)19)11(12-13)15-4-2-3-14(5-6-15)7-8-17/h9,17H,2-8H2,1H3. The van der Waals surface area contributed by atoms with Crippen LogP contribution in [0, 0.1) is 10.1 Å². The van der Waals surface area contributed by atoms with E-state index in [-0.39, 0.29) is 12.3 Å². The van der Waals surface area contributed by atoms with Crippen molar-refractivity contribution in [3.05, 3.63) is 16.3 Å². The van der Waals surface area contributed by atoms with Gasteiger partial charge in [0.1, 0.15) is 6.20 Å². The lowest BCUT2D eigenvalue weighted by Crippen LogP contribution is -2.32. The van der Waals surface area contributed by atoms with Crippen molar-refractivity contribution in [2.75, 3.05) is 44.2 Å². The molecule has 8 heteroatoms. The van der Waals surface area contributed by atoms with Gasteiger partial charge in [-0.1, -0.05) is 0 Å². The van der Waals surface area contributed by atoms with Gasteiger partial charge in [-0.25, -0.2) is 0 Å². The summed E-state index contributed by atoms with van der Waals surface area (Å²) in [6.45, 7) is 3.92. The molecule has 0 unspecified atom stereocenters. The van der Waals surface area contributed by atoms with Crippen LogP contribution in [-0.4, -0.2) is 64.0 Å². The Balaban J connectivity index is 2.11. The van der Waals surface area contributed by atoms with Crippen molar-refractivity contribution in [1.29, 1.82) is 0 Å². The summed E-state index contributed by atoms with van der Waals surface area (Å²) in [5, 5.41) is 24.2. The van der Waals surface area contributed by atoms with Crippen molar-refractivity contribution in [3.63, 3.8) is 0 Å². The molecule has 2 rings (SSSR count). The van der Waals surface area contributed by atoms with Gasteiger partial charge >= 0.3 is 5.69 Å². The van der Waals surface area contributed by atoms with Gasteiger partial charge < -0.3 is 10.0 Å². The van der Waals surface area contributed by atoms with E-state index < -0.39 is 4.92 Å². The number of rotatable bonds is 4. The fourth-order valence-electron chi connectivity index (χ4n) is 2.37. The molecule has 0 aromatic carbocycles. The van der Waals surface area contributed by atoms with Crippen LogP contribution < -0.4 is 4.90 Å². The maximum Gasteiger partial charge on any atom is 0.330 e. The van der Waals surface area contributed by atoms with Crippen LogP contribution in [0.1, 0.15) is 6.42 Å². The lowest BCUT2D eigenvalue weighted by atomic mass is 10.3. The van der Waals surface area contributed by atoms with Crippen LogP contribution in [0.15, 0.2) is 6.20 Å². The first-order chi connectivity index (χ1) is 9.11. The first-order valence-electron chi connectivity index (χ1n) is 6.38. The lowest BCUT2D eigenvalue weighted by molar-refractivity contribution is -0.384. The minimum Gasteiger partial charge on any atom is -0.395 e.